The second-order valence-corrected chi connectivity index (χ2v) is 10.5. The summed E-state index contributed by atoms with van der Waals surface area (Å²) in [6.45, 7) is 2.77. The fourth-order valence-corrected chi connectivity index (χ4v) is 6.50. The van der Waals surface area contributed by atoms with Crippen LogP contribution >= 0.6 is 0 Å². The number of hydrogen-bond acceptors (Lipinski definition) is 5. The van der Waals surface area contributed by atoms with Gasteiger partial charge >= 0.3 is 5.97 Å². The minimum Gasteiger partial charge on any atom is -0.481 e. The van der Waals surface area contributed by atoms with Gasteiger partial charge in [-0.1, -0.05) is 30.3 Å². The predicted molar refractivity (Wildman–Crippen MR) is 143 cm³/mol. The van der Waals surface area contributed by atoms with Crippen LogP contribution < -0.4 is 4.90 Å². The molecule has 9 heteroatoms. The number of fused-ring (bicyclic) bond motifs is 5. The van der Waals surface area contributed by atoms with Crippen LogP contribution in [0.2, 0.25) is 0 Å². The predicted octanol–water partition coefficient (Wildman–Crippen LogP) is 5.11. The van der Waals surface area contributed by atoms with Crippen molar-refractivity contribution < 1.29 is 14.3 Å². The monoisotopic (exact) mass is 510 g/mol. The van der Waals surface area contributed by atoms with Crippen LogP contribution in [-0.4, -0.2) is 48.2 Å². The zero-order valence-electron chi connectivity index (χ0n) is 21.2. The molecule has 2 aliphatic heterocycles. The van der Waals surface area contributed by atoms with E-state index in [1.165, 1.54) is 4.68 Å². The number of piperidine rings is 2. The molecule has 1 aliphatic carbocycles. The SMILES string of the molecule is Cc1cccc2c(-c3cccc4nn(C)c(F)c34)nn(-c3ccc(N4CC5CCC4CC5C(=O)O)nc3)c12. The minimum absolute atomic E-state index is 0.162. The Morgan fingerprint density at radius 1 is 1.08 bits per heavy atom. The first-order chi connectivity index (χ1) is 18.4. The van der Waals surface area contributed by atoms with Crippen molar-refractivity contribution in [1.29, 1.82) is 0 Å². The summed E-state index contributed by atoms with van der Waals surface area (Å²) in [6, 6.07) is 15.8. The number of halogens is 1. The lowest BCUT2D eigenvalue weighted by atomic mass is 9.72. The van der Waals surface area contributed by atoms with Crippen molar-refractivity contribution in [3.8, 4) is 16.9 Å². The van der Waals surface area contributed by atoms with E-state index in [1.54, 1.807) is 13.1 Å². The number of carboxylic acids is 1. The molecule has 8 rings (SSSR count). The van der Waals surface area contributed by atoms with Crippen LogP contribution in [0.5, 0.6) is 0 Å². The topological polar surface area (TPSA) is 89.1 Å². The molecule has 3 atom stereocenters. The highest BCUT2D eigenvalue weighted by Gasteiger charge is 2.44. The summed E-state index contributed by atoms with van der Waals surface area (Å²) < 4.78 is 18.2. The van der Waals surface area contributed by atoms with Crippen molar-refractivity contribution in [2.75, 3.05) is 11.4 Å². The minimum atomic E-state index is -0.679. The summed E-state index contributed by atoms with van der Waals surface area (Å²) in [7, 11) is 1.60. The standard InChI is InChI=1S/C29H27FN6O2/c1-16-5-3-7-21-26(20-6-4-8-23-25(20)28(30)34(2)32-23)33-36(27(16)21)19-11-12-24(31-14-19)35-15-17-9-10-18(35)13-22(17)29(37)38/h3-8,11-12,14,17-18,22H,9-10,13,15H2,1-2H3,(H,37,38). The fraction of sp³-hybridized carbons (Fsp3) is 0.310. The Balaban J connectivity index is 1.31. The Morgan fingerprint density at radius 2 is 1.92 bits per heavy atom. The third kappa shape index (κ3) is 3.34. The molecule has 3 fully saturated rings. The quantitative estimate of drug-likeness (QED) is 0.361. The first kappa shape index (κ1) is 22.9. The molecule has 2 bridgehead atoms. The lowest BCUT2D eigenvalue weighted by Gasteiger charge is -2.48. The van der Waals surface area contributed by atoms with Crippen LogP contribution in [0.15, 0.2) is 54.7 Å². The number of anilines is 1. The van der Waals surface area contributed by atoms with E-state index in [9.17, 15) is 9.90 Å². The molecule has 38 heavy (non-hydrogen) atoms. The molecule has 0 spiro atoms. The van der Waals surface area contributed by atoms with Gasteiger partial charge in [0, 0.05) is 30.6 Å². The van der Waals surface area contributed by atoms with Crippen LogP contribution in [-0.2, 0) is 11.8 Å². The van der Waals surface area contributed by atoms with Gasteiger partial charge in [0.25, 0.3) is 0 Å². The number of benzene rings is 2. The van der Waals surface area contributed by atoms with E-state index in [4.69, 9.17) is 10.1 Å². The molecule has 2 saturated heterocycles. The number of aryl methyl sites for hydroxylation is 2. The van der Waals surface area contributed by atoms with Crippen molar-refractivity contribution in [3.05, 3.63) is 66.2 Å². The summed E-state index contributed by atoms with van der Waals surface area (Å²) in [6.07, 6.45) is 4.45. The van der Waals surface area contributed by atoms with Crippen molar-refractivity contribution in [2.24, 2.45) is 18.9 Å². The van der Waals surface area contributed by atoms with E-state index in [1.807, 2.05) is 60.3 Å². The zero-order valence-corrected chi connectivity index (χ0v) is 21.2. The molecule has 2 aromatic carbocycles. The van der Waals surface area contributed by atoms with E-state index >= 15 is 4.39 Å². The van der Waals surface area contributed by atoms with Gasteiger partial charge < -0.3 is 10.0 Å². The maximum atomic E-state index is 15.1. The molecular formula is C29H27FN6O2. The highest BCUT2D eigenvalue weighted by atomic mass is 19.1. The van der Waals surface area contributed by atoms with Crippen molar-refractivity contribution in [2.45, 2.75) is 32.2 Å². The Kier molecular flexibility index (Phi) is 5.04. The van der Waals surface area contributed by atoms with Gasteiger partial charge in [0.15, 0.2) is 0 Å². The first-order valence-electron chi connectivity index (χ1n) is 13.0. The van der Waals surface area contributed by atoms with Crippen molar-refractivity contribution in [1.82, 2.24) is 24.5 Å². The van der Waals surface area contributed by atoms with Gasteiger partial charge in [0.1, 0.15) is 11.5 Å². The van der Waals surface area contributed by atoms with Crippen molar-refractivity contribution >= 4 is 33.6 Å². The lowest BCUT2D eigenvalue weighted by molar-refractivity contribution is -0.146. The summed E-state index contributed by atoms with van der Waals surface area (Å²) in [5.74, 6) is -0.299. The average molecular weight is 511 g/mol. The van der Waals surface area contributed by atoms with Gasteiger partial charge in [0.2, 0.25) is 5.95 Å². The van der Waals surface area contributed by atoms with Crippen molar-refractivity contribution in [3.63, 3.8) is 0 Å². The number of aromatic nitrogens is 5. The third-order valence-corrected chi connectivity index (χ3v) is 8.38. The van der Waals surface area contributed by atoms with Crippen LogP contribution in [0.3, 0.4) is 0 Å². The van der Waals surface area contributed by atoms with Gasteiger partial charge in [-0.2, -0.15) is 14.6 Å². The normalized spacial score (nSPS) is 21.0. The van der Waals surface area contributed by atoms with Gasteiger partial charge in [0.05, 0.1) is 34.2 Å². The van der Waals surface area contributed by atoms with E-state index in [2.05, 4.69) is 10.00 Å². The Hall–Kier alpha value is -4.27. The largest absolute Gasteiger partial charge is 0.481 e. The molecule has 1 N–H and O–H groups in total. The second-order valence-electron chi connectivity index (χ2n) is 10.5. The summed E-state index contributed by atoms with van der Waals surface area (Å²) >= 11 is 0. The molecule has 3 aliphatic rings. The fourth-order valence-electron chi connectivity index (χ4n) is 6.50. The number of pyridine rings is 1. The van der Waals surface area contributed by atoms with E-state index in [0.717, 1.165) is 47.4 Å². The summed E-state index contributed by atoms with van der Waals surface area (Å²) in [5.41, 5.74) is 4.79. The third-order valence-electron chi connectivity index (χ3n) is 8.38. The maximum absolute atomic E-state index is 15.1. The Bertz CT molecular complexity index is 1720. The number of hydrogen-bond donors (Lipinski definition) is 1. The van der Waals surface area contributed by atoms with Gasteiger partial charge in [-0.3, -0.25) is 4.79 Å². The molecule has 8 nitrogen and oxygen atoms in total. The summed E-state index contributed by atoms with van der Waals surface area (Å²) in [5, 5.41) is 20.3. The van der Waals surface area contributed by atoms with Crippen LogP contribution in [0.4, 0.5) is 10.2 Å². The Labute approximate surface area is 218 Å². The molecule has 3 aromatic heterocycles. The lowest BCUT2D eigenvalue weighted by Crippen LogP contribution is -2.54. The van der Waals surface area contributed by atoms with E-state index < -0.39 is 11.9 Å². The van der Waals surface area contributed by atoms with Gasteiger partial charge in [-0.15, -0.1) is 0 Å². The molecule has 5 heterocycles. The van der Waals surface area contributed by atoms with Gasteiger partial charge in [-0.05, 0) is 55.9 Å². The molecule has 0 radical (unpaired) electrons. The van der Waals surface area contributed by atoms with Crippen LogP contribution in [0, 0.1) is 24.7 Å². The first-order valence-corrected chi connectivity index (χ1v) is 13.0. The number of rotatable bonds is 4. The zero-order chi connectivity index (χ0) is 26.1. The molecule has 1 saturated carbocycles. The number of para-hydroxylation sites is 1. The van der Waals surface area contributed by atoms with E-state index in [-0.39, 0.29) is 17.9 Å². The van der Waals surface area contributed by atoms with E-state index in [0.29, 0.717) is 28.6 Å². The van der Waals surface area contributed by atoms with Gasteiger partial charge in [-0.25, -0.2) is 14.3 Å². The highest BCUT2D eigenvalue weighted by Crippen LogP contribution is 2.41. The number of nitrogens with zero attached hydrogens (tertiary/aromatic N) is 6. The van der Waals surface area contributed by atoms with Crippen LogP contribution in [0.25, 0.3) is 38.8 Å². The average Bonchev–Trinajstić information content (AvgIpc) is 3.47. The molecule has 192 valence electrons. The number of carbonyl (C=O) groups is 1. The molecule has 5 aromatic rings. The smallest absolute Gasteiger partial charge is 0.306 e. The molecule has 0 amide bonds. The van der Waals surface area contributed by atoms with Crippen LogP contribution in [0.1, 0.15) is 24.8 Å². The number of carboxylic acid groups (broad SMARTS) is 1. The Morgan fingerprint density at radius 3 is 2.66 bits per heavy atom. The molecular weight excluding hydrogens is 483 g/mol. The number of aliphatic carboxylic acids is 1. The summed E-state index contributed by atoms with van der Waals surface area (Å²) in [4.78, 5) is 18.7. The maximum Gasteiger partial charge on any atom is 0.306 e. The molecule has 3 unspecified atom stereocenters. The second kappa shape index (κ2) is 8.37. The highest BCUT2D eigenvalue weighted by molar-refractivity contribution is 6.03.